The molecule has 1 N–H and O–H groups in total. The van der Waals surface area contributed by atoms with Gasteiger partial charge in [-0.25, -0.2) is 4.98 Å². The summed E-state index contributed by atoms with van der Waals surface area (Å²) in [5, 5.41) is 3.19. The number of hydrogen-bond donors (Lipinski definition) is 1. The van der Waals surface area contributed by atoms with Gasteiger partial charge in [0.1, 0.15) is 6.04 Å². The quantitative estimate of drug-likeness (QED) is 0.857. The largest absolute Gasteiger partial charge is 0.352 e. The van der Waals surface area contributed by atoms with E-state index in [2.05, 4.69) is 22.2 Å². The number of amides is 1. The van der Waals surface area contributed by atoms with E-state index >= 15 is 0 Å². The van der Waals surface area contributed by atoms with E-state index in [1.54, 1.807) is 12.5 Å². The smallest absolute Gasteiger partial charge is 0.243 e. The van der Waals surface area contributed by atoms with Crippen LogP contribution in [-0.2, 0) is 11.8 Å². The molecule has 2 heterocycles. The second kappa shape index (κ2) is 6.37. The Labute approximate surface area is 120 Å². The van der Waals surface area contributed by atoms with E-state index < -0.39 is 0 Å². The van der Waals surface area contributed by atoms with E-state index in [-0.39, 0.29) is 18.0 Å². The Morgan fingerprint density at radius 1 is 1.40 bits per heavy atom. The Balaban J connectivity index is 2.03. The number of aryl methyl sites for hydroxylation is 1. The van der Waals surface area contributed by atoms with Crippen LogP contribution >= 0.6 is 0 Å². The van der Waals surface area contributed by atoms with Crippen molar-refractivity contribution in [1.82, 2.24) is 24.7 Å². The van der Waals surface area contributed by atoms with Gasteiger partial charge in [-0.15, -0.1) is 0 Å². The average Bonchev–Trinajstić information content (AvgIpc) is 2.78. The summed E-state index contributed by atoms with van der Waals surface area (Å²) in [5.74, 6) is 0.0631. The first-order chi connectivity index (χ1) is 9.49. The fourth-order valence-corrected chi connectivity index (χ4v) is 2.70. The summed E-state index contributed by atoms with van der Waals surface area (Å²) in [6, 6.07) is -0.00321. The van der Waals surface area contributed by atoms with Crippen LogP contribution in [0.15, 0.2) is 12.5 Å². The first-order valence-corrected chi connectivity index (χ1v) is 7.10. The van der Waals surface area contributed by atoms with Gasteiger partial charge in [0.05, 0.1) is 18.2 Å². The number of nitrogens with zero attached hydrogens (tertiary/aromatic N) is 4. The van der Waals surface area contributed by atoms with E-state index in [4.69, 9.17) is 0 Å². The first-order valence-electron chi connectivity index (χ1n) is 7.10. The highest BCUT2D eigenvalue weighted by Crippen LogP contribution is 2.18. The summed E-state index contributed by atoms with van der Waals surface area (Å²) in [7, 11) is 7.88. The number of nitrogens with one attached hydrogen (secondary N) is 1. The van der Waals surface area contributed by atoms with Crippen LogP contribution in [0.3, 0.4) is 0 Å². The molecule has 20 heavy (non-hydrogen) atoms. The number of carbonyl (C=O) groups is 1. The molecule has 0 saturated carbocycles. The van der Waals surface area contributed by atoms with Gasteiger partial charge in [0.25, 0.3) is 0 Å². The molecule has 0 spiro atoms. The van der Waals surface area contributed by atoms with Gasteiger partial charge in [0.2, 0.25) is 5.91 Å². The number of likely N-dealkylation sites (N-methyl/N-ethyl adjacent to an activating group) is 1. The number of piperidine rings is 1. The third kappa shape index (κ3) is 3.37. The maximum atomic E-state index is 12.6. The third-order valence-corrected chi connectivity index (χ3v) is 3.96. The molecule has 1 aromatic heterocycles. The summed E-state index contributed by atoms with van der Waals surface area (Å²) in [5.41, 5.74) is 0.917. The van der Waals surface area contributed by atoms with Gasteiger partial charge in [-0.3, -0.25) is 9.69 Å². The van der Waals surface area contributed by atoms with Crippen LogP contribution in [0, 0.1) is 0 Å². The van der Waals surface area contributed by atoms with Crippen LogP contribution in [-0.4, -0.2) is 65.5 Å². The molecular formula is C14H25N5O. The second-order valence-corrected chi connectivity index (χ2v) is 5.88. The van der Waals surface area contributed by atoms with E-state index in [1.165, 1.54) is 0 Å². The van der Waals surface area contributed by atoms with Gasteiger partial charge < -0.3 is 14.8 Å². The van der Waals surface area contributed by atoms with Crippen molar-refractivity contribution in [2.45, 2.75) is 24.9 Å². The van der Waals surface area contributed by atoms with Crippen LogP contribution in [0.2, 0.25) is 0 Å². The molecule has 1 fully saturated rings. The number of hydrogen-bond acceptors (Lipinski definition) is 4. The van der Waals surface area contributed by atoms with Crippen molar-refractivity contribution in [3.63, 3.8) is 0 Å². The van der Waals surface area contributed by atoms with Crippen molar-refractivity contribution in [3.8, 4) is 0 Å². The third-order valence-electron chi connectivity index (χ3n) is 3.96. The summed E-state index contributed by atoms with van der Waals surface area (Å²) >= 11 is 0. The molecule has 0 radical (unpaired) electrons. The minimum Gasteiger partial charge on any atom is -0.352 e. The lowest BCUT2D eigenvalue weighted by Gasteiger charge is -2.31. The first kappa shape index (κ1) is 15.0. The number of imidazole rings is 1. The summed E-state index contributed by atoms with van der Waals surface area (Å²) in [6.07, 6.45) is 5.54. The predicted molar refractivity (Wildman–Crippen MR) is 78.3 cm³/mol. The van der Waals surface area contributed by atoms with Crippen molar-refractivity contribution < 1.29 is 4.79 Å². The molecule has 112 valence electrons. The molecule has 1 atom stereocenters. The lowest BCUT2D eigenvalue weighted by molar-refractivity contribution is -0.127. The maximum Gasteiger partial charge on any atom is 0.243 e. The highest BCUT2D eigenvalue weighted by Gasteiger charge is 2.28. The van der Waals surface area contributed by atoms with Crippen molar-refractivity contribution in [2.24, 2.45) is 7.05 Å². The van der Waals surface area contributed by atoms with Gasteiger partial charge in [0.15, 0.2) is 0 Å². The van der Waals surface area contributed by atoms with Gasteiger partial charge in [-0.2, -0.15) is 0 Å². The zero-order valence-corrected chi connectivity index (χ0v) is 12.8. The predicted octanol–water partition coefficient (Wildman–Crippen LogP) is 0.233. The van der Waals surface area contributed by atoms with E-state index in [0.29, 0.717) is 0 Å². The molecule has 2 rings (SSSR count). The lowest BCUT2D eigenvalue weighted by atomic mass is 10.0. The van der Waals surface area contributed by atoms with Gasteiger partial charge in [-0.1, -0.05) is 0 Å². The lowest BCUT2D eigenvalue weighted by Crippen LogP contribution is -2.47. The number of aromatic nitrogens is 2. The molecule has 1 aliphatic heterocycles. The van der Waals surface area contributed by atoms with Crippen LogP contribution < -0.4 is 5.32 Å². The Morgan fingerprint density at radius 2 is 2.05 bits per heavy atom. The molecule has 0 bridgehead atoms. The van der Waals surface area contributed by atoms with Gasteiger partial charge >= 0.3 is 0 Å². The minimum absolute atomic E-state index is 0.0631. The minimum atomic E-state index is -0.290. The molecule has 1 aliphatic rings. The van der Waals surface area contributed by atoms with Gasteiger partial charge in [0, 0.05) is 13.1 Å². The zero-order chi connectivity index (χ0) is 14.7. The van der Waals surface area contributed by atoms with Crippen LogP contribution in [0.5, 0.6) is 0 Å². The number of likely N-dealkylation sites (tertiary alicyclic amines) is 1. The SMILES string of the molecule is CN1CCC(NC(=O)C(c2cncn2C)N(C)C)CC1. The number of carbonyl (C=O) groups excluding carboxylic acids is 1. The molecule has 1 saturated heterocycles. The standard InChI is InChI=1S/C14H25N5O/c1-17(2)13(12-9-15-10-19(12)4)14(20)16-11-5-7-18(3)8-6-11/h9-11,13H,5-8H2,1-4H3,(H,16,20). The van der Waals surface area contributed by atoms with Crippen LogP contribution in [0.1, 0.15) is 24.6 Å². The molecule has 1 aromatic rings. The van der Waals surface area contributed by atoms with E-state index in [1.807, 2.05) is 30.6 Å². The summed E-state index contributed by atoms with van der Waals surface area (Å²) in [6.45, 7) is 2.09. The Morgan fingerprint density at radius 3 is 2.55 bits per heavy atom. The normalized spacial score (nSPS) is 19.2. The molecule has 1 unspecified atom stereocenters. The molecule has 1 amide bonds. The second-order valence-electron chi connectivity index (χ2n) is 5.88. The Hall–Kier alpha value is -1.40. The van der Waals surface area contributed by atoms with Gasteiger partial charge in [-0.05, 0) is 47.1 Å². The van der Waals surface area contributed by atoms with E-state index in [9.17, 15) is 4.79 Å². The summed E-state index contributed by atoms with van der Waals surface area (Å²) in [4.78, 5) is 20.9. The molecule has 0 aliphatic carbocycles. The maximum absolute atomic E-state index is 12.6. The van der Waals surface area contributed by atoms with Crippen molar-refractivity contribution in [1.29, 1.82) is 0 Å². The Bertz CT molecular complexity index is 448. The summed E-state index contributed by atoms with van der Waals surface area (Å²) < 4.78 is 1.90. The van der Waals surface area contributed by atoms with Crippen LogP contribution in [0.25, 0.3) is 0 Å². The van der Waals surface area contributed by atoms with Crippen LogP contribution in [0.4, 0.5) is 0 Å². The highest BCUT2D eigenvalue weighted by atomic mass is 16.2. The molecule has 6 nitrogen and oxygen atoms in total. The fourth-order valence-electron chi connectivity index (χ4n) is 2.70. The van der Waals surface area contributed by atoms with E-state index in [0.717, 1.165) is 31.6 Å². The highest BCUT2D eigenvalue weighted by molar-refractivity contribution is 5.83. The molecular weight excluding hydrogens is 254 g/mol. The Kier molecular flexibility index (Phi) is 4.77. The molecule has 0 aromatic carbocycles. The zero-order valence-electron chi connectivity index (χ0n) is 12.8. The topological polar surface area (TPSA) is 53.4 Å². The average molecular weight is 279 g/mol. The number of rotatable bonds is 4. The fraction of sp³-hybridized carbons (Fsp3) is 0.714. The monoisotopic (exact) mass is 279 g/mol. The molecule has 6 heteroatoms. The van der Waals surface area contributed by atoms with Crippen molar-refractivity contribution in [2.75, 3.05) is 34.2 Å². The van der Waals surface area contributed by atoms with Crippen molar-refractivity contribution in [3.05, 3.63) is 18.2 Å². The van der Waals surface area contributed by atoms with Crippen molar-refractivity contribution >= 4 is 5.91 Å².